The van der Waals surface area contributed by atoms with Crippen molar-refractivity contribution in [2.45, 2.75) is 53.9 Å². The highest BCUT2D eigenvalue weighted by molar-refractivity contribution is 5.84. The van der Waals surface area contributed by atoms with E-state index >= 15 is 0 Å². The maximum atomic E-state index is 12.8. The molecule has 0 spiro atoms. The number of nitrogens with zero attached hydrogens (tertiary/aromatic N) is 1. The lowest BCUT2D eigenvalue weighted by Gasteiger charge is -2.40. The van der Waals surface area contributed by atoms with Gasteiger partial charge in [-0.2, -0.15) is 0 Å². The van der Waals surface area contributed by atoms with Gasteiger partial charge in [-0.25, -0.2) is 0 Å². The Balaban J connectivity index is 1.99. The maximum absolute atomic E-state index is 12.8. The third kappa shape index (κ3) is 3.03. The fraction of sp³-hybridized carbons (Fsp3) is 0.833. The number of allylic oxidation sites excluding steroid dienone is 2. The minimum absolute atomic E-state index is 0.0508. The first-order valence-electron chi connectivity index (χ1n) is 8.32. The second kappa shape index (κ2) is 5.75. The summed E-state index contributed by atoms with van der Waals surface area (Å²) in [6, 6.07) is 0. The Morgan fingerprint density at radius 2 is 1.86 bits per heavy atom. The number of aliphatic hydroxyl groups is 1. The molecular formula is C18H31NO2. The summed E-state index contributed by atoms with van der Waals surface area (Å²) in [6.45, 7) is 12.6. The number of amides is 1. The maximum Gasteiger partial charge on any atom is 0.226 e. The van der Waals surface area contributed by atoms with E-state index in [4.69, 9.17) is 0 Å². The molecule has 1 N–H and O–H groups in total. The molecule has 3 nitrogen and oxygen atoms in total. The smallest absolute Gasteiger partial charge is 0.226 e. The number of carbonyl (C=O) groups excluding carboxylic acids is 1. The summed E-state index contributed by atoms with van der Waals surface area (Å²) in [7, 11) is 0. The molecule has 0 aromatic carbocycles. The van der Waals surface area contributed by atoms with E-state index in [1.807, 2.05) is 4.90 Å². The van der Waals surface area contributed by atoms with Gasteiger partial charge in [0, 0.05) is 19.7 Å². The molecule has 1 aliphatic heterocycles. The number of aliphatic hydroxyl groups excluding tert-OH is 1. The average molecular weight is 293 g/mol. The van der Waals surface area contributed by atoms with E-state index in [1.54, 1.807) is 0 Å². The first-order chi connectivity index (χ1) is 9.77. The summed E-state index contributed by atoms with van der Waals surface area (Å²) in [6.07, 6.45) is 5.13. The van der Waals surface area contributed by atoms with Gasteiger partial charge in [-0.05, 0) is 49.9 Å². The van der Waals surface area contributed by atoms with Crippen LogP contribution in [-0.4, -0.2) is 35.6 Å². The molecule has 0 bridgehead atoms. The van der Waals surface area contributed by atoms with E-state index in [9.17, 15) is 9.90 Å². The molecule has 2 atom stereocenters. The van der Waals surface area contributed by atoms with Crippen molar-refractivity contribution in [1.82, 2.24) is 4.90 Å². The molecule has 2 unspecified atom stereocenters. The van der Waals surface area contributed by atoms with Crippen LogP contribution in [0, 0.1) is 22.7 Å². The fourth-order valence-corrected chi connectivity index (χ4v) is 3.84. The molecule has 2 rings (SSSR count). The van der Waals surface area contributed by atoms with Gasteiger partial charge in [-0.15, -0.1) is 0 Å². The van der Waals surface area contributed by atoms with Crippen molar-refractivity contribution in [3.05, 3.63) is 11.6 Å². The lowest BCUT2D eigenvalue weighted by molar-refractivity contribution is -0.136. The molecule has 0 aromatic rings. The normalized spacial score (nSPS) is 29.9. The van der Waals surface area contributed by atoms with Gasteiger partial charge in [0.2, 0.25) is 5.91 Å². The highest BCUT2D eigenvalue weighted by Crippen LogP contribution is 2.60. The van der Waals surface area contributed by atoms with Crippen molar-refractivity contribution in [2.75, 3.05) is 19.7 Å². The van der Waals surface area contributed by atoms with Crippen molar-refractivity contribution in [3.8, 4) is 0 Å². The zero-order chi connectivity index (χ0) is 15.8. The van der Waals surface area contributed by atoms with Gasteiger partial charge in [0.25, 0.3) is 0 Å². The first kappa shape index (κ1) is 16.5. The minimum atomic E-state index is 0.0508. The number of likely N-dealkylation sites (tertiary alicyclic amines) is 1. The molecule has 1 saturated heterocycles. The Morgan fingerprint density at radius 1 is 1.29 bits per heavy atom. The predicted molar refractivity (Wildman–Crippen MR) is 85.8 cm³/mol. The van der Waals surface area contributed by atoms with Gasteiger partial charge in [-0.3, -0.25) is 4.79 Å². The van der Waals surface area contributed by atoms with Gasteiger partial charge in [0.1, 0.15) is 0 Å². The van der Waals surface area contributed by atoms with Gasteiger partial charge in [-0.1, -0.05) is 32.4 Å². The van der Waals surface area contributed by atoms with Crippen molar-refractivity contribution in [2.24, 2.45) is 22.7 Å². The second-order valence-corrected chi connectivity index (χ2v) is 7.91. The standard InChI is InChI=1S/C18H31NO2/c1-6-18(12-20)7-9-19(10-8-18)16(21)15-14(11-13(2)3)17(15,4)5/h11,14-15,20H,6-10,12H2,1-5H3. The molecule has 0 aromatic heterocycles. The van der Waals surface area contributed by atoms with Crippen LogP contribution < -0.4 is 0 Å². The Labute approximate surface area is 129 Å². The summed E-state index contributed by atoms with van der Waals surface area (Å²) < 4.78 is 0. The number of hydrogen-bond acceptors (Lipinski definition) is 2. The van der Waals surface area contributed by atoms with Crippen LogP contribution >= 0.6 is 0 Å². The third-order valence-corrected chi connectivity index (χ3v) is 5.91. The molecule has 1 aliphatic carbocycles. The lowest BCUT2D eigenvalue weighted by atomic mass is 9.77. The zero-order valence-electron chi connectivity index (χ0n) is 14.3. The van der Waals surface area contributed by atoms with E-state index in [2.05, 4.69) is 40.7 Å². The second-order valence-electron chi connectivity index (χ2n) is 7.91. The summed E-state index contributed by atoms with van der Waals surface area (Å²) in [5, 5.41) is 9.60. The van der Waals surface area contributed by atoms with Crippen molar-refractivity contribution in [3.63, 3.8) is 0 Å². The van der Waals surface area contributed by atoms with Gasteiger partial charge < -0.3 is 10.0 Å². The van der Waals surface area contributed by atoms with E-state index in [1.165, 1.54) is 5.57 Å². The molecule has 2 aliphatic rings. The largest absolute Gasteiger partial charge is 0.396 e. The van der Waals surface area contributed by atoms with Crippen LogP contribution in [0.15, 0.2) is 11.6 Å². The Morgan fingerprint density at radius 3 is 2.29 bits per heavy atom. The molecule has 1 amide bonds. The van der Waals surface area contributed by atoms with Crippen LogP contribution in [0.25, 0.3) is 0 Å². The number of hydrogen-bond donors (Lipinski definition) is 1. The highest BCUT2D eigenvalue weighted by atomic mass is 16.3. The Kier molecular flexibility index (Phi) is 4.53. The average Bonchev–Trinajstić information content (AvgIpc) is 2.98. The first-order valence-corrected chi connectivity index (χ1v) is 8.32. The minimum Gasteiger partial charge on any atom is -0.396 e. The highest BCUT2D eigenvalue weighted by Gasteiger charge is 2.61. The fourth-order valence-electron chi connectivity index (χ4n) is 3.84. The number of rotatable bonds is 4. The van der Waals surface area contributed by atoms with Crippen molar-refractivity contribution >= 4 is 5.91 Å². The van der Waals surface area contributed by atoms with Crippen LogP contribution in [0.2, 0.25) is 0 Å². The molecule has 1 heterocycles. The molecule has 2 fully saturated rings. The third-order valence-electron chi connectivity index (χ3n) is 5.91. The van der Waals surface area contributed by atoms with Crippen LogP contribution in [0.5, 0.6) is 0 Å². The molecule has 1 saturated carbocycles. The molecule has 120 valence electrons. The number of carbonyl (C=O) groups is 1. The summed E-state index contributed by atoms with van der Waals surface area (Å²) in [5.41, 5.74) is 1.45. The SMILES string of the molecule is CCC1(CO)CCN(C(=O)C2C(C=C(C)C)C2(C)C)CC1. The molecule has 3 heteroatoms. The Hall–Kier alpha value is -0.830. The van der Waals surface area contributed by atoms with Gasteiger partial charge in [0.15, 0.2) is 0 Å². The monoisotopic (exact) mass is 293 g/mol. The summed E-state index contributed by atoms with van der Waals surface area (Å²) in [4.78, 5) is 14.8. The van der Waals surface area contributed by atoms with E-state index < -0.39 is 0 Å². The van der Waals surface area contributed by atoms with E-state index in [0.717, 1.165) is 32.4 Å². The molecule has 0 radical (unpaired) electrons. The van der Waals surface area contributed by atoms with Crippen molar-refractivity contribution in [1.29, 1.82) is 0 Å². The van der Waals surface area contributed by atoms with Crippen LogP contribution in [0.3, 0.4) is 0 Å². The van der Waals surface area contributed by atoms with E-state index in [0.29, 0.717) is 11.8 Å². The van der Waals surface area contributed by atoms with Crippen LogP contribution in [0.4, 0.5) is 0 Å². The number of piperidine rings is 1. The van der Waals surface area contributed by atoms with Gasteiger partial charge >= 0.3 is 0 Å². The molecular weight excluding hydrogens is 262 g/mol. The summed E-state index contributed by atoms with van der Waals surface area (Å²) >= 11 is 0. The van der Waals surface area contributed by atoms with Gasteiger partial charge in [0.05, 0.1) is 5.92 Å². The van der Waals surface area contributed by atoms with Crippen LogP contribution in [-0.2, 0) is 4.79 Å². The molecule has 21 heavy (non-hydrogen) atoms. The van der Waals surface area contributed by atoms with E-state index in [-0.39, 0.29) is 23.4 Å². The van der Waals surface area contributed by atoms with Crippen molar-refractivity contribution < 1.29 is 9.90 Å². The summed E-state index contributed by atoms with van der Waals surface area (Å²) in [5.74, 6) is 0.867. The topological polar surface area (TPSA) is 40.5 Å². The zero-order valence-corrected chi connectivity index (χ0v) is 14.3. The van der Waals surface area contributed by atoms with Crippen LogP contribution in [0.1, 0.15) is 53.9 Å². The Bertz CT molecular complexity index is 420. The quantitative estimate of drug-likeness (QED) is 0.808. The predicted octanol–water partition coefficient (Wildman–Crippen LogP) is 3.24. The lowest BCUT2D eigenvalue weighted by Crippen LogP contribution is -2.45.